The van der Waals surface area contributed by atoms with Crippen molar-refractivity contribution in [3.05, 3.63) is 29.3 Å². The number of rotatable bonds is 8. The van der Waals surface area contributed by atoms with E-state index >= 15 is 0 Å². The molecule has 0 spiro atoms. The van der Waals surface area contributed by atoms with E-state index in [0.717, 1.165) is 29.2 Å². The van der Waals surface area contributed by atoms with E-state index < -0.39 is 6.04 Å². The van der Waals surface area contributed by atoms with E-state index in [9.17, 15) is 14.4 Å². The van der Waals surface area contributed by atoms with E-state index in [0.29, 0.717) is 18.5 Å². The van der Waals surface area contributed by atoms with Crippen LogP contribution in [0.25, 0.3) is 0 Å². The van der Waals surface area contributed by atoms with Gasteiger partial charge in [-0.15, -0.1) is 11.8 Å². The second kappa shape index (κ2) is 8.89. The maximum Gasteiger partial charge on any atom is 0.255 e. The van der Waals surface area contributed by atoms with Crippen molar-refractivity contribution >= 4 is 29.5 Å². The molecular weight excluding hydrogens is 362 g/mol. The number of unbranched alkanes of at least 4 members (excludes halogenated alkanes) is 2. The largest absolute Gasteiger partial charge is 0.322 e. The molecule has 146 valence electrons. The first kappa shape index (κ1) is 19.9. The number of carbonyl (C=O) groups is 3. The van der Waals surface area contributed by atoms with E-state index in [1.807, 2.05) is 12.1 Å². The smallest absolute Gasteiger partial charge is 0.255 e. The molecule has 7 heteroatoms. The van der Waals surface area contributed by atoms with Gasteiger partial charge in [0.2, 0.25) is 11.8 Å². The van der Waals surface area contributed by atoms with Crippen LogP contribution in [0.4, 0.5) is 0 Å². The Hall–Kier alpha value is -1.86. The molecule has 2 heterocycles. The van der Waals surface area contributed by atoms with Crippen LogP contribution in [0.1, 0.15) is 48.0 Å². The monoisotopic (exact) mass is 389 g/mol. The van der Waals surface area contributed by atoms with Gasteiger partial charge in [0.25, 0.3) is 5.91 Å². The molecule has 1 N–H and O–H groups in total. The molecule has 1 aromatic rings. The number of thioether (sulfide) groups is 1. The van der Waals surface area contributed by atoms with Gasteiger partial charge in [-0.05, 0) is 63.4 Å². The summed E-state index contributed by atoms with van der Waals surface area (Å²) >= 11 is 1.79. The summed E-state index contributed by atoms with van der Waals surface area (Å²) < 4.78 is 0. The molecule has 0 aromatic heterocycles. The number of hydrogen-bond acceptors (Lipinski definition) is 5. The zero-order chi connectivity index (χ0) is 19.4. The highest BCUT2D eigenvalue weighted by atomic mass is 32.2. The Morgan fingerprint density at radius 1 is 1.19 bits per heavy atom. The summed E-state index contributed by atoms with van der Waals surface area (Å²) in [5.41, 5.74) is 1.71. The Morgan fingerprint density at radius 3 is 2.74 bits per heavy atom. The topological polar surface area (TPSA) is 69.7 Å². The average molecular weight is 390 g/mol. The van der Waals surface area contributed by atoms with Crippen LogP contribution in [-0.4, -0.2) is 60.0 Å². The van der Waals surface area contributed by atoms with Crippen LogP contribution >= 0.6 is 11.8 Å². The van der Waals surface area contributed by atoms with Gasteiger partial charge in [0.05, 0.1) is 0 Å². The predicted molar refractivity (Wildman–Crippen MR) is 106 cm³/mol. The van der Waals surface area contributed by atoms with Crippen LogP contribution in [0.15, 0.2) is 23.1 Å². The van der Waals surface area contributed by atoms with Crippen LogP contribution in [0.5, 0.6) is 0 Å². The number of benzene rings is 1. The molecule has 6 nitrogen and oxygen atoms in total. The first-order valence-electron chi connectivity index (χ1n) is 9.51. The van der Waals surface area contributed by atoms with Gasteiger partial charge in [-0.2, -0.15) is 0 Å². The Kier molecular flexibility index (Phi) is 6.55. The second-order valence-corrected chi connectivity index (χ2v) is 8.53. The number of carbonyl (C=O) groups excluding carboxylic acids is 3. The molecule has 3 amide bonds. The maximum atomic E-state index is 12.8. The molecule has 0 bridgehead atoms. The van der Waals surface area contributed by atoms with Gasteiger partial charge in [0.15, 0.2) is 0 Å². The lowest BCUT2D eigenvalue weighted by Crippen LogP contribution is -2.52. The highest BCUT2D eigenvalue weighted by molar-refractivity contribution is 7.99. The summed E-state index contributed by atoms with van der Waals surface area (Å²) in [6, 6.07) is 5.26. The number of piperidine rings is 1. The SMILES string of the molecule is CN(C)CCCCCSc1cccc2c1CN(C1CCC(=O)NC1=O)C2=O. The van der Waals surface area contributed by atoms with Crippen LogP contribution < -0.4 is 5.32 Å². The zero-order valence-corrected chi connectivity index (χ0v) is 16.8. The van der Waals surface area contributed by atoms with Gasteiger partial charge in [0, 0.05) is 23.4 Å². The fourth-order valence-electron chi connectivity index (χ4n) is 3.58. The second-order valence-electron chi connectivity index (χ2n) is 7.39. The Balaban J connectivity index is 1.60. The van der Waals surface area contributed by atoms with Gasteiger partial charge >= 0.3 is 0 Å². The average Bonchev–Trinajstić information content (AvgIpc) is 2.95. The van der Waals surface area contributed by atoms with Crippen LogP contribution in [0, 0.1) is 0 Å². The van der Waals surface area contributed by atoms with Crippen molar-refractivity contribution in [1.29, 1.82) is 0 Å². The van der Waals surface area contributed by atoms with E-state index in [2.05, 4.69) is 30.4 Å². The van der Waals surface area contributed by atoms with Crippen molar-refractivity contribution < 1.29 is 14.4 Å². The molecule has 1 fully saturated rings. The predicted octanol–water partition coefficient (Wildman–Crippen LogP) is 2.27. The maximum absolute atomic E-state index is 12.8. The lowest BCUT2D eigenvalue weighted by molar-refractivity contribution is -0.136. The number of amides is 3. The summed E-state index contributed by atoms with van der Waals surface area (Å²) in [4.78, 5) is 41.3. The van der Waals surface area contributed by atoms with E-state index in [4.69, 9.17) is 0 Å². The van der Waals surface area contributed by atoms with Crippen LogP contribution in [-0.2, 0) is 16.1 Å². The zero-order valence-electron chi connectivity index (χ0n) is 16.0. The molecule has 0 aliphatic carbocycles. The van der Waals surface area contributed by atoms with E-state index in [-0.39, 0.29) is 24.1 Å². The third kappa shape index (κ3) is 4.71. The Labute approximate surface area is 164 Å². The van der Waals surface area contributed by atoms with Gasteiger partial charge in [-0.25, -0.2) is 0 Å². The minimum atomic E-state index is -0.550. The summed E-state index contributed by atoms with van der Waals surface area (Å²) in [5.74, 6) is 0.303. The van der Waals surface area contributed by atoms with Crippen molar-refractivity contribution in [2.24, 2.45) is 0 Å². The van der Waals surface area contributed by atoms with Gasteiger partial charge in [-0.1, -0.05) is 12.5 Å². The molecule has 2 aliphatic rings. The Bertz CT molecular complexity index is 735. The summed E-state index contributed by atoms with van der Waals surface area (Å²) in [5, 5.41) is 2.35. The normalized spacial score (nSPS) is 19.6. The lowest BCUT2D eigenvalue weighted by atomic mass is 10.0. The molecule has 0 saturated carbocycles. The molecule has 1 atom stereocenters. The molecule has 2 aliphatic heterocycles. The van der Waals surface area contributed by atoms with Gasteiger partial charge < -0.3 is 9.80 Å². The van der Waals surface area contributed by atoms with Crippen molar-refractivity contribution in [3.63, 3.8) is 0 Å². The third-order valence-electron chi connectivity index (χ3n) is 5.05. The number of nitrogens with zero attached hydrogens (tertiary/aromatic N) is 2. The lowest BCUT2D eigenvalue weighted by Gasteiger charge is -2.29. The number of nitrogens with one attached hydrogen (secondary N) is 1. The molecule has 3 rings (SSSR count). The third-order valence-corrected chi connectivity index (χ3v) is 6.23. The van der Waals surface area contributed by atoms with Crippen molar-refractivity contribution in [1.82, 2.24) is 15.1 Å². The molecule has 0 radical (unpaired) electrons. The standard InChI is InChI=1S/C20H27N3O3S/c1-22(2)11-4-3-5-12-27-17-8-6-7-14-15(17)13-23(20(14)26)16-9-10-18(24)21-19(16)25/h6-8,16H,3-5,9-13H2,1-2H3,(H,21,24,25). The van der Waals surface area contributed by atoms with E-state index in [1.165, 1.54) is 12.8 Å². The highest BCUT2D eigenvalue weighted by Gasteiger charge is 2.39. The van der Waals surface area contributed by atoms with Gasteiger partial charge in [-0.3, -0.25) is 19.7 Å². The molecule has 1 saturated heterocycles. The number of fused-ring (bicyclic) bond motifs is 1. The minimum Gasteiger partial charge on any atom is -0.322 e. The van der Waals surface area contributed by atoms with Gasteiger partial charge in [0.1, 0.15) is 6.04 Å². The molecule has 27 heavy (non-hydrogen) atoms. The fraction of sp³-hybridized carbons (Fsp3) is 0.550. The van der Waals surface area contributed by atoms with Crippen LogP contribution in [0.2, 0.25) is 0 Å². The quantitative estimate of drug-likeness (QED) is 0.420. The summed E-state index contributed by atoms with van der Waals surface area (Å²) in [6.45, 7) is 1.56. The fourth-order valence-corrected chi connectivity index (χ4v) is 4.67. The minimum absolute atomic E-state index is 0.104. The van der Waals surface area contributed by atoms with Crippen molar-refractivity contribution in [2.75, 3.05) is 26.4 Å². The highest BCUT2D eigenvalue weighted by Crippen LogP contribution is 2.34. The molecule has 1 unspecified atom stereocenters. The number of hydrogen-bond donors (Lipinski definition) is 1. The van der Waals surface area contributed by atoms with Crippen LogP contribution in [0.3, 0.4) is 0 Å². The number of imide groups is 1. The first-order chi connectivity index (χ1) is 13.0. The summed E-state index contributed by atoms with van der Waals surface area (Å²) in [6.07, 6.45) is 4.22. The van der Waals surface area contributed by atoms with E-state index in [1.54, 1.807) is 16.7 Å². The van der Waals surface area contributed by atoms with Crippen molar-refractivity contribution in [3.8, 4) is 0 Å². The summed E-state index contributed by atoms with van der Waals surface area (Å²) in [7, 11) is 4.18. The molecule has 1 aromatic carbocycles. The Morgan fingerprint density at radius 2 is 2.00 bits per heavy atom. The first-order valence-corrected chi connectivity index (χ1v) is 10.5. The molecular formula is C20H27N3O3S. The van der Waals surface area contributed by atoms with Crippen molar-refractivity contribution in [2.45, 2.75) is 49.6 Å².